The molecule has 0 bridgehead atoms. The summed E-state index contributed by atoms with van der Waals surface area (Å²) in [5, 5.41) is 0. The predicted octanol–water partition coefficient (Wildman–Crippen LogP) is 2.30. The maximum absolute atomic E-state index is 12.3. The number of carbonyl (C=O) groups is 1. The largest absolute Gasteiger partial charge is 0.381 e. The molecular weight excluding hydrogens is 202 g/mol. The molecule has 0 aromatic heterocycles. The first-order chi connectivity index (χ1) is 7.51. The first-order valence-corrected chi connectivity index (χ1v) is 6.34. The van der Waals surface area contributed by atoms with Gasteiger partial charge in [0.25, 0.3) is 0 Å². The fraction of sp³-hybridized carbons (Fsp3) is 0.923. The topological polar surface area (TPSA) is 29.5 Å². The van der Waals surface area contributed by atoms with Crippen molar-refractivity contribution in [3.8, 4) is 0 Å². The molecule has 1 saturated heterocycles. The zero-order valence-corrected chi connectivity index (χ0v) is 11.2. The average Bonchev–Trinajstić information content (AvgIpc) is 2.67. The van der Waals surface area contributed by atoms with E-state index in [1.165, 1.54) is 6.42 Å². The van der Waals surface area contributed by atoms with Gasteiger partial charge in [0.1, 0.15) is 0 Å². The molecule has 1 aliphatic heterocycles. The number of hydrogen-bond donors (Lipinski definition) is 0. The van der Waals surface area contributed by atoms with E-state index in [0.29, 0.717) is 12.0 Å². The van der Waals surface area contributed by atoms with Crippen molar-refractivity contribution < 1.29 is 9.53 Å². The highest BCUT2D eigenvalue weighted by Gasteiger charge is 2.34. The summed E-state index contributed by atoms with van der Waals surface area (Å²) in [5.74, 6) is 0.893. The molecular formula is C13H25NO2. The zero-order valence-electron chi connectivity index (χ0n) is 11.2. The second-order valence-electron chi connectivity index (χ2n) is 5.08. The summed E-state index contributed by atoms with van der Waals surface area (Å²) in [6.07, 6.45) is 2.32. The summed E-state index contributed by atoms with van der Waals surface area (Å²) in [6, 6.07) is 0.393. The summed E-state index contributed by atoms with van der Waals surface area (Å²) in [5.41, 5.74) is 0. The maximum Gasteiger partial charge on any atom is 0.228 e. The smallest absolute Gasteiger partial charge is 0.228 e. The number of methoxy groups -OCH3 is 1. The molecule has 0 aromatic carbocycles. The van der Waals surface area contributed by atoms with Crippen LogP contribution in [0.3, 0.4) is 0 Å². The van der Waals surface area contributed by atoms with Gasteiger partial charge in [-0.2, -0.15) is 0 Å². The minimum atomic E-state index is -0.0388. The van der Waals surface area contributed by atoms with Crippen LogP contribution in [0.2, 0.25) is 0 Å². The van der Waals surface area contributed by atoms with Gasteiger partial charge in [-0.1, -0.05) is 20.3 Å². The van der Waals surface area contributed by atoms with Crippen LogP contribution in [0.1, 0.15) is 40.5 Å². The number of ether oxygens (including phenoxy) is 1. The molecule has 1 amide bonds. The average molecular weight is 227 g/mol. The van der Waals surface area contributed by atoms with Gasteiger partial charge in [0.05, 0.1) is 12.0 Å². The molecule has 3 nitrogen and oxygen atoms in total. The van der Waals surface area contributed by atoms with E-state index in [2.05, 4.69) is 13.8 Å². The van der Waals surface area contributed by atoms with Gasteiger partial charge in [-0.3, -0.25) is 4.79 Å². The molecule has 4 atom stereocenters. The van der Waals surface area contributed by atoms with E-state index in [-0.39, 0.29) is 17.9 Å². The standard InChI is InChI=1S/C13H25NO2/c1-6-12-7-9(2)14(8-12)13(15)10(3)11(4)16-5/h9-12H,6-8H2,1-5H3/t9-,10?,11?,12?/m1/s1. The van der Waals surface area contributed by atoms with Gasteiger partial charge in [0.2, 0.25) is 5.91 Å². The summed E-state index contributed by atoms with van der Waals surface area (Å²) < 4.78 is 5.23. The summed E-state index contributed by atoms with van der Waals surface area (Å²) in [7, 11) is 1.66. The van der Waals surface area contributed by atoms with E-state index >= 15 is 0 Å². The van der Waals surface area contributed by atoms with E-state index in [9.17, 15) is 4.79 Å². The highest BCUT2D eigenvalue weighted by atomic mass is 16.5. The molecule has 0 N–H and O–H groups in total. The van der Waals surface area contributed by atoms with E-state index in [1.54, 1.807) is 7.11 Å². The Kier molecular flexibility index (Phi) is 4.78. The Morgan fingerprint density at radius 3 is 2.56 bits per heavy atom. The molecule has 0 saturated carbocycles. The van der Waals surface area contributed by atoms with Crippen molar-refractivity contribution in [1.29, 1.82) is 0 Å². The van der Waals surface area contributed by atoms with Crippen molar-refractivity contribution in [2.24, 2.45) is 11.8 Å². The molecule has 1 heterocycles. The van der Waals surface area contributed by atoms with Crippen LogP contribution in [0, 0.1) is 11.8 Å². The Bertz CT molecular complexity index is 242. The molecule has 0 aromatic rings. The van der Waals surface area contributed by atoms with E-state index < -0.39 is 0 Å². The Labute approximate surface area is 99.1 Å². The Morgan fingerprint density at radius 2 is 2.12 bits per heavy atom. The van der Waals surface area contributed by atoms with Gasteiger partial charge in [-0.15, -0.1) is 0 Å². The zero-order chi connectivity index (χ0) is 12.3. The van der Waals surface area contributed by atoms with Gasteiger partial charge in [0.15, 0.2) is 0 Å². The van der Waals surface area contributed by atoms with Crippen LogP contribution >= 0.6 is 0 Å². The lowest BCUT2D eigenvalue weighted by atomic mass is 10.0. The molecule has 1 rings (SSSR count). The molecule has 0 spiro atoms. The molecule has 94 valence electrons. The highest BCUT2D eigenvalue weighted by Crippen LogP contribution is 2.27. The van der Waals surface area contributed by atoms with Crippen LogP contribution in [-0.2, 0) is 9.53 Å². The molecule has 16 heavy (non-hydrogen) atoms. The maximum atomic E-state index is 12.3. The molecule has 3 heteroatoms. The van der Waals surface area contributed by atoms with Crippen molar-refractivity contribution in [3.05, 3.63) is 0 Å². The second kappa shape index (κ2) is 5.67. The lowest BCUT2D eigenvalue weighted by Gasteiger charge is -2.27. The van der Waals surface area contributed by atoms with Crippen molar-refractivity contribution >= 4 is 5.91 Å². The Hall–Kier alpha value is -0.570. The fourth-order valence-electron chi connectivity index (χ4n) is 2.41. The number of hydrogen-bond acceptors (Lipinski definition) is 2. The monoisotopic (exact) mass is 227 g/mol. The van der Waals surface area contributed by atoms with Gasteiger partial charge in [-0.25, -0.2) is 0 Å². The van der Waals surface area contributed by atoms with E-state index in [0.717, 1.165) is 13.0 Å². The number of rotatable bonds is 4. The lowest BCUT2D eigenvalue weighted by Crippen LogP contribution is -2.41. The summed E-state index contributed by atoms with van der Waals surface area (Å²) in [4.78, 5) is 14.3. The molecule has 0 radical (unpaired) electrons. The molecule has 3 unspecified atom stereocenters. The molecule has 1 fully saturated rings. The number of amides is 1. The molecule has 1 aliphatic rings. The highest BCUT2D eigenvalue weighted by molar-refractivity contribution is 5.79. The first-order valence-electron chi connectivity index (χ1n) is 6.34. The van der Waals surface area contributed by atoms with E-state index in [4.69, 9.17) is 4.74 Å². The minimum absolute atomic E-state index is 0.000349. The normalized spacial score (nSPS) is 29.2. The van der Waals surface area contributed by atoms with Gasteiger partial charge in [0, 0.05) is 19.7 Å². The summed E-state index contributed by atoms with van der Waals surface area (Å²) >= 11 is 0. The minimum Gasteiger partial charge on any atom is -0.381 e. The van der Waals surface area contributed by atoms with Gasteiger partial charge >= 0.3 is 0 Å². The number of likely N-dealkylation sites (tertiary alicyclic amines) is 1. The molecule has 0 aliphatic carbocycles. The third-order valence-electron chi connectivity index (χ3n) is 3.99. The van der Waals surface area contributed by atoms with Crippen molar-refractivity contribution in [3.63, 3.8) is 0 Å². The SMILES string of the molecule is CCC1C[C@@H](C)N(C(=O)C(C)C(C)OC)C1. The van der Waals surface area contributed by atoms with Crippen LogP contribution in [0.5, 0.6) is 0 Å². The Morgan fingerprint density at radius 1 is 1.50 bits per heavy atom. The van der Waals surface area contributed by atoms with Crippen LogP contribution in [0.15, 0.2) is 0 Å². The van der Waals surface area contributed by atoms with Crippen molar-refractivity contribution in [1.82, 2.24) is 4.90 Å². The predicted molar refractivity (Wildman–Crippen MR) is 65.2 cm³/mol. The van der Waals surface area contributed by atoms with Gasteiger partial charge < -0.3 is 9.64 Å². The van der Waals surface area contributed by atoms with Crippen molar-refractivity contribution in [2.75, 3.05) is 13.7 Å². The summed E-state index contributed by atoms with van der Waals surface area (Å²) in [6.45, 7) is 9.20. The van der Waals surface area contributed by atoms with Crippen molar-refractivity contribution in [2.45, 2.75) is 52.7 Å². The van der Waals surface area contributed by atoms with Crippen LogP contribution in [-0.4, -0.2) is 36.6 Å². The fourth-order valence-corrected chi connectivity index (χ4v) is 2.41. The number of carbonyl (C=O) groups excluding carboxylic acids is 1. The second-order valence-corrected chi connectivity index (χ2v) is 5.08. The van der Waals surface area contributed by atoms with Crippen LogP contribution in [0.25, 0.3) is 0 Å². The first kappa shape index (κ1) is 13.5. The van der Waals surface area contributed by atoms with Crippen LogP contribution in [0.4, 0.5) is 0 Å². The lowest BCUT2D eigenvalue weighted by molar-refractivity contribution is -0.139. The third-order valence-corrected chi connectivity index (χ3v) is 3.99. The van der Waals surface area contributed by atoms with Gasteiger partial charge in [-0.05, 0) is 26.2 Å². The third kappa shape index (κ3) is 2.76. The quantitative estimate of drug-likeness (QED) is 0.737. The van der Waals surface area contributed by atoms with Crippen LogP contribution < -0.4 is 0 Å². The number of nitrogens with zero attached hydrogens (tertiary/aromatic N) is 1. The van der Waals surface area contributed by atoms with E-state index in [1.807, 2.05) is 18.7 Å². The Balaban J connectivity index is 2.60.